The molecule has 0 aliphatic rings. The van der Waals surface area contributed by atoms with Crippen molar-refractivity contribution in [3.63, 3.8) is 0 Å². The second-order valence-electron chi connectivity index (χ2n) is 4.41. The molecule has 0 atom stereocenters. The second-order valence-corrected chi connectivity index (χ2v) is 4.41. The van der Waals surface area contributed by atoms with Gasteiger partial charge in [0.25, 0.3) is 0 Å². The minimum Gasteiger partial charge on any atom is -0.461 e. The Labute approximate surface area is 113 Å². The van der Waals surface area contributed by atoms with Crippen molar-refractivity contribution in [1.29, 1.82) is 0 Å². The third-order valence-electron chi connectivity index (χ3n) is 1.92. The number of anilines is 1. The fourth-order valence-electron chi connectivity index (χ4n) is 1.19. The molecule has 0 amide bonds. The van der Waals surface area contributed by atoms with Crippen molar-refractivity contribution >= 4 is 5.95 Å². The van der Waals surface area contributed by atoms with Crippen molar-refractivity contribution in [2.45, 2.75) is 39.9 Å². The predicted octanol–water partition coefficient (Wildman–Crippen LogP) is 1.50. The lowest BCUT2D eigenvalue weighted by molar-refractivity contribution is 0.0527. The van der Waals surface area contributed by atoms with Gasteiger partial charge in [0, 0.05) is 7.05 Å². The number of nitrogens with zero attached hydrogens (tertiary/aromatic N) is 3. The minimum atomic E-state index is -0.00997. The van der Waals surface area contributed by atoms with Gasteiger partial charge in [-0.3, -0.25) is 0 Å². The highest BCUT2D eigenvalue weighted by atomic mass is 16.5. The molecular formula is C12H22N4O3. The van der Waals surface area contributed by atoms with Gasteiger partial charge in [0.05, 0.1) is 18.8 Å². The lowest BCUT2D eigenvalue weighted by Gasteiger charge is -2.11. The zero-order chi connectivity index (χ0) is 14.3. The first-order valence-electron chi connectivity index (χ1n) is 6.36. The summed E-state index contributed by atoms with van der Waals surface area (Å²) in [5, 5.41) is 2.84. The maximum atomic E-state index is 5.43. The Balaban J connectivity index is 2.60. The first-order chi connectivity index (χ1) is 9.01. The molecule has 0 aliphatic heterocycles. The third-order valence-corrected chi connectivity index (χ3v) is 1.92. The first kappa shape index (κ1) is 15.4. The number of aromatic nitrogens is 3. The largest absolute Gasteiger partial charge is 0.461 e. The Morgan fingerprint density at radius 3 is 2.21 bits per heavy atom. The minimum absolute atomic E-state index is 0.00997. The van der Waals surface area contributed by atoms with E-state index in [1.54, 1.807) is 7.05 Å². The normalized spacial score (nSPS) is 10.9. The van der Waals surface area contributed by atoms with Crippen molar-refractivity contribution in [3.05, 3.63) is 0 Å². The van der Waals surface area contributed by atoms with E-state index in [-0.39, 0.29) is 24.2 Å². The number of nitrogens with one attached hydrogen (secondary N) is 1. The molecule has 7 nitrogen and oxygen atoms in total. The summed E-state index contributed by atoms with van der Waals surface area (Å²) in [6, 6.07) is 0.469. The Kier molecular flexibility index (Phi) is 6.27. The van der Waals surface area contributed by atoms with Crippen LogP contribution in [0, 0.1) is 0 Å². The van der Waals surface area contributed by atoms with E-state index < -0.39 is 0 Å². The third kappa shape index (κ3) is 6.19. The van der Waals surface area contributed by atoms with E-state index in [1.165, 1.54) is 0 Å². The molecule has 0 aliphatic carbocycles. The highest BCUT2D eigenvalue weighted by Crippen LogP contribution is 2.13. The van der Waals surface area contributed by atoms with E-state index in [2.05, 4.69) is 20.3 Å². The number of hydrogen-bond donors (Lipinski definition) is 1. The lowest BCUT2D eigenvalue weighted by atomic mass is 10.5. The van der Waals surface area contributed by atoms with Crippen LogP contribution in [0.5, 0.6) is 12.0 Å². The average molecular weight is 270 g/mol. The topological polar surface area (TPSA) is 78.4 Å². The molecule has 1 heterocycles. The van der Waals surface area contributed by atoms with Crippen LogP contribution in [0.25, 0.3) is 0 Å². The molecule has 0 saturated carbocycles. The van der Waals surface area contributed by atoms with Crippen LogP contribution in [0.2, 0.25) is 0 Å². The van der Waals surface area contributed by atoms with Gasteiger partial charge in [-0.2, -0.15) is 9.97 Å². The molecule has 1 N–H and O–H groups in total. The molecular weight excluding hydrogens is 248 g/mol. The molecule has 1 aromatic heterocycles. The molecule has 0 fully saturated rings. The van der Waals surface area contributed by atoms with E-state index in [0.717, 1.165) is 0 Å². The molecule has 0 spiro atoms. The van der Waals surface area contributed by atoms with Gasteiger partial charge < -0.3 is 19.5 Å². The van der Waals surface area contributed by atoms with Gasteiger partial charge in [0.2, 0.25) is 5.95 Å². The summed E-state index contributed by atoms with van der Waals surface area (Å²) in [4.78, 5) is 12.2. The quantitative estimate of drug-likeness (QED) is 0.717. The predicted molar refractivity (Wildman–Crippen MR) is 71.7 cm³/mol. The zero-order valence-corrected chi connectivity index (χ0v) is 12.1. The van der Waals surface area contributed by atoms with Gasteiger partial charge in [-0.25, -0.2) is 0 Å². The molecule has 0 saturated heterocycles. The van der Waals surface area contributed by atoms with Gasteiger partial charge >= 0.3 is 12.0 Å². The van der Waals surface area contributed by atoms with Crippen molar-refractivity contribution < 1.29 is 14.2 Å². The van der Waals surface area contributed by atoms with Crippen LogP contribution in [0.15, 0.2) is 0 Å². The van der Waals surface area contributed by atoms with Crippen molar-refractivity contribution in [2.75, 3.05) is 25.6 Å². The van der Waals surface area contributed by atoms with Gasteiger partial charge in [-0.1, -0.05) is 0 Å². The summed E-state index contributed by atoms with van der Waals surface area (Å²) in [5.41, 5.74) is 0. The molecule has 0 bridgehead atoms. The molecule has 0 radical (unpaired) electrons. The monoisotopic (exact) mass is 270 g/mol. The fourth-order valence-corrected chi connectivity index (χ4v) is 1.19. The van der Waals surface area contributed by atoms with E-state index in [4.69, 9.17) is 14.2 Å². The van der Waals surface area contributed by atoms with E-state index >= 15 is 0 Å². The molecule has 19 heavy (non-hydrogen) atoms. The summed E-state index contributed by atoms with van der Waals surface area (Å²) < 4.78 is 16.2. The van der Waals surface area contributed by atoms with E-state index in [1.807, 2.05) is 27.7 Å². The Bertz CT molecular complexity index is 385. The highest BCUT2D eigenvalue weighted by molar-refractivity contribution is 5.26. The second kappa shape index (κ2) is 7.73. The van der Waals surface area contributed by atoms with E-state index in [9.17, 15) is 0 Å². The summed E-state index contributed by atoms with van der Waals surface area (Å²) >= 11 is 0. The SMILES string of the molecule is CNc1nc(OCCOC(C)C)nc(OC(C)C)n1. The summed E-state index contributed by atoms with van der Waals surface area (Å²) in [6.07, 6.45) is 0.166. The smallest absolute Gasteiger partial charge is 0.324 e. The van der Waals surface area contributed by atoms with Gasteiger partial charge in [0.15, 0.2) is 0 Å². The van der Waals surface area contributed by atoms with E-state index in [0.29, 0.717) is 19.2 Å². The summed E-state index contributed by atoms with van der Waals surface area (Å²) in [7, 11) is 1.72. The summed E-state index contributed by atoms with van der Waals surface area (Å²) in [5.74, 6) is 0.408. The molecule has 1 aromatic rings. The van der Waals surface area contributed by atoms with Gasteiger partial charge in [0.1, 0.15) is 6.61 Å². The standard InChI is InChI=1S/C12H22N4O3/c1-8(2)17-6-7-18-11-14-10(13-5)15-12(16-11)19-9(3)4/h8-9H,6-7H2,1-5H3,(H,13,14,15,16). The maximum Gasteiger partial charge on any atom is 0.324 e. The molecule has 0 unspecified atom stereocenters. The highest BCUT2D eigenvalue weighted by Gasteiger charge is 2.09. The van der Waals surface area contributed by atoms with Gasteiger partial charge in [-0.15, -0.1) is 4.98 Å². The number of ether oxygens (including phenoxy) is 3. The van der Waals surface area contributed by atoms with Gasteiger partial charge in [-0.05, 0) is 27.7 Å². The molecule has 0 aromatic carbocycles. The zero-order valence-electron chi connectivity index (χ0n) is 12.1. The Hall–Kier alpha value is -1.63. The number of rotatable bonds is 8. The van der Waals surface area contributed by atoms with Crippen LogP contribution in [-0.2, 0) is 4.74 Å². The van der Waals surface area contributed by atoms with Crippen molar-refractivity contribution in [1.82, 2.24) is 15.0 Å². The summed E-state index contributed by atoms with van der Waals surface area (Å²) in [6.45, 7) is 8.61. The van der Waals surface area contributed by atoms with Crippen LogP contribution in [0.1, 0.15) is 27.7 Å². The van der Waals surface area contributed by atoms with Crippen LogP contribution < -0.4 is 14.8 Å². The fraction of sp³-hybridized carbons (Fsp3) is 0.750. The number of hydrogen-bond acceptors (Lipinski definition) is 7. The van der Waals surface area contributed by atoms with Crippen molar-refractivity contribution in [3.8, 4) is 12.0 Å². The molecule has 7 heteroatoms. The molecule has 108 valence electrons. The Morgan fingerprint density at radius 2 is 1.63 bits per heavy atom. The van der Waals surface area contributed by atoms with Crippen LogP contribution >= 0.6 is 0 Å². The maximum absolute atomic E-state index is 5.43. The van der Waals surface area contributed by atoms with Crippen LogP contribution in [0.4, 0.5) is 5.95 Å². The van der Waals surface area contributed by atoms with Crippen molar-refractivity contribution in [2.24, 2.45) is 0 Å². The first-order valence-corrected chi connectivity index (χ1v) is 6.36. The lowest BCUT2D eigenvalue weighted by Crippen LogP contribution is -2.14. The molecule has 1 rings (SSSR count). The average Bonchev–Trinajstić information content (AvgIpc) is 2.33. The van der Waals surface area contributed by atoms with Crippen LogP contribution in [-0.4, -0.2) is 47.4 Å². The Morgan fingerprint density at radius 1 is 0.947 bits per heavy atom. The van der Waals surface area contributed by atoms with Crippen LogP contribution in [0.3, 0.4) is 0 Å².